The maximum absolute atomic E-state index is 12.3. The second kappa shape index (κ2) is 20.8. The van der Waals surface area contributed by atoms with Crippen LogP contribution in [0.25, 0.3) is 10.9 Å². The molecule has 0 aliphatic carbocycles. The minimum atomic E-state index is -0.491. The molecule has 2 aromatic carbocycles. The molecule has 2 N–H and O–H groups in total. The van der Waals surface area contributed by atoms with E-state index in [1.54, 1.807) is 12.1 Å². The summed E-state index contributed by atoms with van der Waals surface area (Å²) in [5.41, 5.74) is 1.94. The lowest BCUT2D eigenvalue weighted by Gasteiger charge is -2.15. The van der Waals surface area contributed by atoms with E-state index in [1.807, 2.05) is 24.3 Å². The first kappa shape index (κ1) is 34.5. The molecule has 0 radical (unpaired) electrons. The quantitative estimate of drug-likeness (QED) is 0.141. The van der Waals surface area contributed by atoms with Gasteiger partial charge >= 0.3 is 0 Å². The van der Waals surface area contributed by atoms with Crippen LogP contribution in [-0.2, 0) is 33.2 Å². The molecule has 0 saturated carbocycles. The maximum Gasteiger partial charge on any atom is 0.250 e. The Labute approximate surface area is 258 Å². The highest BCUT2D eigenvalue weighted by Crippen LogP contribution is 2.33. The zero-order valence-corrected chi connectivity index (χ0v) is 25.7. The van der Waals surface area contributed by atoms with Crippen LogP contribution in [0, 0.1) is 0 Å². The van der Waals surface area contributed by atoms with Gasteiger partial charge in [0.05, 0.1) is 77.3 Å². The van der Waals surface area contributed by atoms with Gasteiger partial charge < -0.3 is 43.8 Å². The molecule has 12 nitrogen and oxygen atoms in total. The number of halogens is 2. The zero-order valence-electron chi connectivity index (χ0n) is 24.2. The highest BCUT2D eigenvalue weighted by molar-refractivity contribution is 9.10. The number of fused-ring (bicyclic) bond motifs is 1. The molecule has 43 heavy (non-hydrogen) atoms. The van der Waals surface area contributed by atoms with Gasteiger partial charge in [-0.2, -0.15) is 0 Å². The first-order valence-corrected chi connectivity index (χ1v) is 14.6. The van der Waals surface area contributed by atoms with E-state index in [4.69, 9.17) is 33.2 Å². The Hall–Kier alpha value is -2.98. The van der Waals surface area contributed by atoms with Crippen molar-refractivity contribution in [3.8, 4) is 5.75 Å². The number of alkyl halides is 1. The number of rotatable bonds is 23. The van der Waals surface area contributed by atoms with Crippen molar-refractivity contribution in [2.75, 3.05) is 104 Å². The predicted molar refractivity (Wildman–Crippen MR) is 163 cm³/mol. The maximum atomic E-state index is 12.3. The number of ether oxygens (including phenoxy) is 7. The molecule has 236 valence electrons. The lowest BCUT2D eigenvalue weighted by Crippen LogP contribution is -2.18. The number of nitrogens with one attached hydrogen (secondary N) is 2. The van der Waals surface area contributed by atoms with Gasteiger partial charge in [-0.3, -0.25) is 4.79 Å². The van der Waals surface area contributed by atoms with Crippen LogP contribution in [0.4, 0.5) is 21.6 Å². The number of aromatic nitrogens is 2. The van der Waals surface area contributed by atoms with E-state index >= 15 is 0 Å². The minimum Gasteiger partial charge on any atom is -0.489 e. The number of hydrogen-bond donors (Lipinski definition) is 2. The average Bonchev–Trinajstić information content (AvgIpc) is 2.99. The van der Waals surface area contributed by atoms with Crippen molar-refractivity contribution in [2.24, 2.45) is 0 Å². The van der Waals surface area contributed by atoms with Gasteiger partial charge in [-0.05, 0) is 24.3 Å². The number of hydrogen-bond acceptors (Lipinski definition) is 11. The molecule has 0 saturated heterocycles. The fourth-order valence-corrected chi connectivity index (χ4v) is 4.07. The minimum absolute atomic E-state index is 0.0948. The predicted octanol–water partition coefficient (Wildman–Crippen LogP) is 4.15. The third kappa shape index (κ3) is 13.5. The smallest absolute Gasteiger partial charge is 0.250 e. The van der Waals surface area contributed by atoms with Gasteiger partial charge in [0, 0.05) is 28.7 Å². The summed E-state index contributed by atoms with van der Waals surface area (Å²) in [7, 11) is 1.45. The Morgan fingerprint density at radius 3 is 2.07 bits per heavy atom. The average molecular weight is 670 g/mol. The Morgan fingerprint density at radius 2 is 1.47 bits per heavy atom. The van der Waals surface area contributed by atoms with E-state index in [2.05, 4.69) is 36.5 Å². The summed E-state index contributed by atoms with van der Waals surface area (Å²) >= 11 is 3.47. The van der Waals surface area contributed by atoms with E-state index in [0.29, 0.717) is 87.6 Å². The molecule has 0 atom stereocenters. The molecule has 0 spiro atoms. The molecular formula is C29H38BrFN4O8. The zero-order chi connectivity index (χ0) is 30.5. The van der Waals surface area contributed by atoms with E-state index < -0.39 is 6.67 Å². The van der Waals surface area contributed by atoms with E-state index in [0.717, 1.165) is 10.2 Å². The lowest BCUT2D eigenvalue weighted by molar-refractivity contribution is -0.119. The second-order valence-corrected chi connectivity index (χ2v) is 9.72. The normalized spacial score (nSPS) is 11.1. The number of benzene rings is 2. The molecule has 1 amide bonds. The monoisotopic (exact) mass is 668 g/mol. The van der Waals surface area contributed by atoms with Crippen LogP contribution >= 0.6 is 15.9 Å². The van der Waals surface area contributed by atoms with Gasteiger partial charge in [-0.15, -0.1) is 0 Å². The number of methoxy groups -OCH3 is 1. The fraction of sp³-hybridized carbons (Fsp3) is 0.483. The number of anilines is 3. The van der Waals surface area contributed by atoms with Crippen molar-refractivity contribution < 1.29 is 42.3 Å². The molecule has 0 aliphatic heterocycles. The summed E-state index contributed by atoms with van der Waals surface area (Å²) in [5, 5.41) is 6.83. The summed E-state index contributed by atoms with van der Waals surface area (Å²) < 4.78 is 50.5. The summed E-state index contributed by atoms with van der Waals surface area (Å²) in [5.74, 6) is 0.697. The van der Waals surface area contributed by atoms with Gasteiger partial charge in [-0.25, -0.2) is 14.4 Å². The van der Waals surface area contributed by atoms with Crippen molar-refractivity contribution >= 4 is 49.9 Å². The molecule has 1 aromatic heterocycles. The third-order valence-corrected chi connectivity index (χ3v) is 6.06. The first-order chi connectivity index (χ1) is 21.1. The molecule has 1 heterocycles. The number of nitrogens with zero attached hydrogens (tertiary/aromatic N) is 2. The standard InChI is InChI=1S/C29H38BrFN4O8/c1-37-20-28(36)35-26-18-24-25(32-21-33-29(24)34-23-4-2-3-22(30)17-23)19-27(26)43-16-15-42-14-13-41-12-11-40-10-9-39-8-7-38-6-5-31/h2-4,17-19,21H,5-16,20H2,1H3,(H,35,36)(H,32,33,34). The summed E-state index contributed by atoms with van der Waals surface area (Å²) in [6, 6.07) is 11.2. The van der Waals surface area contributed by atoms with Crippen molar-refractivity contribution in [3.05, 3.63) is 47.2 Å². The lowest BCUT2D eigenvalue weighted by atomic mass is 10.2. The van der Waals surface area contributed by atoms with Crippen LogP contribution in [0.5, 0.6) is 5.75 Å². The molecule has 14 heteroatoms. The first-order valence-electron chi connectivity index (χ1n) is 13.8. The highest BCUT2D eigenvalue weighted by Gasteiger charge is 2.14. The molecule has 3 rings (SSSR count). The van der Waals surface area contributed by atoms with E-state index in [1.165, 1.54) is 13.4 Å². The van der Waals surface area contributed by atoms with Crippen molar-refractivity contribution in [1.29, 1.82) is 0 Å². The molecule has 3 aromatic rings. The van der Waals surface area contributed by atoms with Crippen molar-refractivity contribution in [1.82, 2.24) is 9.97 Å². The largest absolute Gasteiger partial charge is 0.489 e. The van der Waals surface area contributed by atoms with Crippen LogP contribution in [0.2, 0.25) is 0 Å². The van der Waals surface area contributed by atoms with Crippen LogP contribution < -0.4 is 15.4 Å². The second-order valence-electron chi connectivity index (χ2n) is 8.80. The summed E-state index contributed by atoms with van der Waals surface area (Å²) in [6.07, 6.45) is 1.46. The molecule has 0 unspecified atom stereocenters. The van der Waals surface area contributed by atoms with Crippen LogP contribution in [0.3, 0.4) is 0 Å². The Bertz CT molecular complexity index is 1240. The van der Waals surface area contributed by atoms with Gasteiger partial charge in [0.1, 0.15) is 37.8 Å². The highest BCUT2D eigenvalue weighted by atomic mass is 79.9. The van der Waals surface area contributed by atoms with Crippen LogP contribution in [0.15, 0.2) is 47.2 Å². The fourth-order valence-electron chi connectivity index (χ4n) is 3.67. The van der Waals surface area contributed by atoms with Crippen LogP contribution in [0.1, 0.15) is 0 Å². The Morgan fingerprint density at radius 1 is 0.837 bits per heavy atom. The van der Waals surface area contributed by atoms with Gasteiger partial charge in [0.2, 0.25) is 5.91 Å². The number of amides is 1. The Balaban J connectivity index is 1.41. The SMILES string of the molecule is COCC(=O)Nc1cc2c(Nc3cccc(Br)c3)ncnc2cc1OCCOCCOCCOCCOCCOCCF. The van der Waals surface area contributed by atoms with Gasteiger partial charge in [0.15, 0.2) is 0 Å². The summed E-state index contributed by atoms with van der Waals surface area (Å²) in [4.78, 5) is 21.1. The molecule has 0 bridgehead atoms. The summed E-state index contributed by atoms with van der Waals surface area (Å²) in [6.45, 7) is 3.38. The van der Waals surface area contributed by atoms with E-state index in [9.17, 15) is 9.18 Å². The van der Waals surface area contributed by atoms with Gasteiger partial charge in [-0.1, -0.05) is 22.0 Å². The third-order valence-electron chi connectivity index (χ3n) is 5.57. The number of carbonyl (C=O) groups excluding carboxylic acids is 1. The molecule has 0 aliphatic rings. The Kier molecular flexibility index (Phi) is 16.7. The van der Waals surface area contributed by atoms with E-state index in [-0.39, 0.29) is 25.7 Å². The van der Waals surface area contributed by atoms with Crippen LogP contribution in [-0.4, -0.2) is 109 Å². The van der Waals surface area contributed by atoms with Crippen molar-refractivity contribution in [3.63, 3.8) is 0 Å². The van der Waals surface area contributed by atoms with Crippen molar-refractivity contribution in [2.45, 2.75) is 0 Å². The molecular weight excluding hydrogens is 631 g/mol. The topological polar surface area (TPSA) is 132 Å². The molecule has 0 fully saturated rings. The number of carbonyl (C=O) groups is 1. The van der Waals surface area contributed by atoms with Gasteiger partial charge in [0.25, 0.3) is 0 Å².